The van der Waals surface area contributed by atoms with Crippen LogP contribution in [-0.4, -0.2) is 26.1 Å². The molecule has 2 aromatic rings. The summed E-state index contributed by atoms with van der Waals surface area (Å²) in [6.07, 6.45) is -5.08. The molecule has 1 heterocycles. The first-order valence-electron chi connectivity index (χ1n) is 10.3. The van der Waals surface area contributed by atoms with Crippen molar-refractivity contribution in [3.63, 3.8) is 0 Å². The lowest BCUT2D eigenvalue weighted by Gasteiger charge is -2.32. The molecule has 2 aromatic carbocycles. The number of halogens is 4. The molecule has 0 N–H and O–H groups in total. The highest BCUT2D eigenvalue weighted by Crippen LogP contribution is 2.44. The zero-order chi connectivity index (χ0) is 24.6. The maximum Gasteiger partial charge on any atom is 0.416 e. The predicted octanol–water partition coefficient (Wildman–Crippen LogP) is 6.26. The van der Waals surface area contributed by atoms with E-state index in [0.29, 0.717) is 21.9 Å². The Kier molecular flexibility index (Phi) is 7.19. The number of hydrogen-bond acceptors (Lipinski definition) is 5. The van der Waals surface area contributed by atoms with Gasteiger partial charge in [0.25, 0.3) is 0 Å². The molecule has 0 saturated heterocycles. The zero-order valence-electron chi connectivity index (χ0n) is 18.3. The largest absolute Gasteiger partial charge is 0.490 e. The quantitative estimate of drug-likeness (QED) is 0.412. The zero-order valence-corrected chi connectivity index (χ0v) is 20.7. The van der Waals surface area contributed by atoms with Crippen molar-refractivity contribution >= 4 is 31.7 Å². The van der Waals surface area contributed by atoms with Gasteiger partial charge in [0.1, 0.15) is 17.5 Å². The standard InChI is InChI=1S/C23H24BrF3O5S/c1-22(2,3)32-21(28)10-8-16-13-20(18-12-15(24)7-9-19(18)31-16)33(29,30)17-6-4-5-14(11-17)23(25,26)27/h4-7,9,11-12,16,20H,8,10,13H2,1-3H3. The Hall–Kier alpha value is -2.07. The highest BCUT2D eigenvalue weighted by atomic mass is 79.9. The summed E-state index contributed by atoms with van der Waals surface area (Å²) in [6, 6.07) is 8.60. The van der Waals surface area contributed by atoms with Crippen LogP contribution in [0.3, 0.4) is 0 Å². The maximum atomic E-state index is 13.5. The lowest BCUT2D eigenvalue weighted by molar-refractivity contribution is -0.155. The smallest absolute Gasteiger partial charge is 0.416 e. The van der Waals surface area contributed by atoms with Gasteiger partial charge in [-0.3, -0.25) is 4.79 Å². The van der Waals surface area contributed by atoms with Crippen molar-refractivity contribution in [1.82, 2.24) is 0 Å². The van der Waals surface area contributed by atoms with Crippen LogP contribution in [0.1, 0.15) is 56.4 Å². The van der Waals surface area contributed by atoms with Crippen molar-refractivity contribution in [1.29, 1.82) is 0 Å². The van der Waals surface area contributed by atoms with E-state index in [-0.39, 0.29) is 19.3 Å². The van der Waals surface area contributed by atoms with Crippen LogP contribution in [0.5, 0.6) is 5.75 Å². The van der Waals surface area contributed by atoms with E-state index in [9.17, 15) is 26.4 Å². The van der Waals surface area contributed by atoms with Crippen molar-refractivity contribution in [3.8, 4) is 5.75 Å². The van der Waals surface area contributed by atoms with Gasteiger partial charge >= 0.3 is 12.1 Å². The lowest BCUT2D eigenvalue weighted by atomic mass is 9.99. The second kappa shape index (κ2) is 9.29. The highest BCUT2D eigenvalue weighted by Gasteiger charge is 2.39. The summed E-state index contributed by atoms with van der Waals surface area (Å²) in [4.78, 5) is 11.7. The van der Waals surface area contributed by atoms with E-state index in [0.717, 1.165) is 18.2 Å². The summed E-state index contributed by atoms with van der Waals surface area (Å²) < 4.78 is 78.3. The second-order valence-electron chi connectivity index (χ2n) is 8.84. The van der Waals surface area contributed by atoms with Crippen LogP contribution < -0.4 is 4.74 Å². The van der Waals surface area contributed by atoms with Crippen LogP contribution in [0.15, 0.2) is 51.8 Å². The van der Waals surface area contributed by atoms with Gasteiger partial charge in [-0.15, -0.1) is 0 Å². The number of carbonyl (C=O) groups excluding carboxylic acids is 1. The minimum absolute atomic E-state index is 0.00910. The number of sulfone groups is 1. The van der Waals surface area contributed by atoms with Crippen LogP contribution in [0.4, 0.5) is 13.2 Å². The van der Waals surface area contributed by atoms with Crippen LogP contribution in [-0.2, 0) is 25.5 Å². The molecule has 1 aliphatic heterocycles. The molecule has 0 radical (unpaired) electrons. The topological polar surface area (TPSA) is 69.7 Å². The van der Waals surface area contributed by atoms with Gasteiger partial charge in [-0.25, -0.2) is 8.42 Å². The van der Waals surface area contributed by atoms with E-state index >= 15 is 0 Å². The van der Waals surface area contributed by atoms with E-state index in [1.165, 1.54) is 0 Å². The number of fused-ring (bicyclic) bond motifs is 1. The molecule has 33 heavy (non-hydrogen) atoms. The Labute approximate surface area is 199 Å². The Bertz CT molecular complexity index is 1140. The third-order valence-electron chi connectivity index (χ3n) is 5.04. The van der Waals surface area contributed by atoms with E-state index in [2.05, 4.69) is 15.9 Å². The SMILES string of the molecule is CC(C)(C)OC(=O)CCC1CC(S(=O)(=O)c2cccc(C(F)(F)F)c2)c2cc(Br)ccc2O1. The van der Waals surface area contributed by atoms with Crippen molar-refractivity contribution < 1.29 is 35.9 Å². The van der Waals surface area contributed by atoms with Gasteiger partial charge in [-0.05, 0) is 63.6 Å². The highest BCUT2D eigenvalue weighted by molar-refractivity contribution is 9.10. The molecule has 5 nitrogen and oxygen atoms in total. The second-order valence-corrected chi connectivity index (χ2v) is 11.9. The van der Waals surface area contributed by atoms with E-state index in [1.807, 2.05) is 0 Å². The fraction of sp³-hybridized carbons (Fsp3) is 0.435. The lowest BCUT2D eigenvalue weighted by Crippen LogP contribution is -2.31. The van der Waals surface area contributed by atoms with E-state index in [1.54, 1.807) is 39.0 Å². The first-order chi connectivity index (χ1) is 15.2. The Morgan fingerprint density at radius 1 is 1.15 bits per heavy atom. The minimum atomic E-state index is -4.67. The summed E-state index contributed by atoms with van der Waals surface area (Å²) >= 11 is 3.31. The number of benzene rings is 2. The Morgan fingerprint density at radius 3 is 2.48 bits per heavy atom. The molecule has 10 heteroatoms. The number of rotatable bonds is 5. The molecule has 0 aromatic heterocycles. The monoisotopic (exact) mass is 548 g/mol. The van der Waals surface area contributed by atoms with Crippen molar-refractivity contribution in [3.05, 3.63) is 58.1 Å². The van der Waals surface area contributed by atoms with Gasteiger partial charge < -0.3 is 9.47 Å². The molecule has 0 fully saturated rings. The van der Waals surface area contributed by atoms with Gasteiger partial charge in [0, 0.05) is 22.9 Å². The summed E-state index contributed by atoms with van der Waals surface area (Å²) in [6.45, 7) is 5.23. The average molecular weight is 549 g/mol. The van der Waals surface area contributed by atoms with Gasteiger partial charge in [0.2, 0.25) is 0 Å². The molecule has 0 spiro atoms. The fourth-order valence-corrected chi connectivity index (χ4v) is 5.88. The van der Waals surface area contributed by atoms with Crippen molar-refractivity contribution in [2.24, 2.45) is 0 Å². The molecule has 0 saturated carbocycles. The van der Waals surface area contributed by atoms with Crippen LogP contribution in [0.25, 0.3) is 0 Å². The summed E-state index contributed by atoms with van der Waals surface area (Å²) in [5.74, 6) is -0.121. The maximum absolute atomic E-state index is 13.5. The molecular weight excluding hydrogens is 525 g/mol. The average Bonchev–Trinajstić information content (AvgIpc) is 2.70. The number of hydrogen-bond donors (Lipinski definition) is 0. The van der Waals surface area contributed by atoms with Crippen LogP contribution in [0, 0.1) is 0 Å². The number of carbonyl (C=O) groups is 1. The molecule has 0 aliphatic carbocycles. The predicted molar refractivity (Wildman–Crippen MR) is 120 cm³/mol. The molecule has 180 valence electrons. The first kappa shape index (κ1) is 25.6. The number of ether oxygens (including phenoxy) is 2. The first-order valence-corrected chi connectivity index (χ1v) is 12.6. The van der Waals surface area contributed by atoms with E-state index < -0.39 is 49.4 Å². The molecule has 1 aliphatic rings. The van der Waals surface area contributed by atoms with Crippen LogP contribution >= 0.6 is 15.9 Å². The van der Waals surface area contributed by atoms with E-state index in [4.69, 9.17) is 9.47 Å². The number of alkyl halides is 3. The molecule has 2 atom stereocenters. The molecular formula is C23H24BrF3O5S. The van der Waals surface area contributed by atoms with Gasteiger partial charge in [0.05, 0.1) is 15.7 Å². The number of esters is 1. The van der Waals surface area contributed by atoms with Gasteiger partial charge in [-0.1, -0.05) is 22.0 Å². The minimum Gasteiger partial charge on any atom is -0.490 e. The van der Waals surface area contributed by atoms with Gasteiger partial charge in [-0.2, -0.15) is 13.2 Å². The summed E-state index contributed by atoms with van der Waals surface area (Å²) in [7, 11) is -4.19. The molecule has 0 amide bonds. The Balaban J connectivity index is 1.93. The van der Waals surface area contributed by atoms with Crippen LogP contribution in [0.2, 0.25) is 0 Å². The van der Waals surface area contributed by atoms with Crippen molar-refractivity contribution in [2.45, 2.75) is 68.1 Å². The summed E-state index contributed by atoms with van der Waals surface area (Å²) in [5, 5.41) is -1.13. The third-order valence-corrected chi connectivity index (χ3v) is 7.64. The normalized spacial score (nSPS) is 18.9. The molecule has 2 unspecified atom stereocenters. The molecule has 0 bridgehead atoms. The van der Waals surface area contributed by atoms with Gasteiger partial charge in [0.15, 0.2) is 9.84 Å². The Morgan fingerprint density at radius 2 is 1.85 bits per heavy atom. The fourth-order valence-electron chi connectivity index (χ4n) is 3.63. The summed E-state index contributed by atoms with van der Waals surface area (Å²) in [5.41, 5.74) is -1.33. The third kappa shape index (κ3) is 6.29. The van der Waals surface area contributed by atoms with Crippen molar-refractivity contribution in [2.75, 3.05) is 0 Å². The molecule has 3 rings (SSSR count).